The number of amides is 5. The van der Waals surface area contributed by atoms with E-state index in [9.17, 15) is 19.2 Å². The average Bonchev–Trinajstić information content (AvgIpc) is 3.37. The Morgan fingerprint density at radius 2 is 1.97 bits per heavy atom. The highest BCUT2D eigenvalue weighted by Crippen LogP contribution is 2.39. The number of hydrogen-bond acceptors (Lipinski definition) is 6. The van der Waals surface area contributed by atoms with Gasteiger partial charge >= 0.3 is 6.03 Å². The number of benzene rings is 1. The molecule has 162 valence electrons. The number of methoxy groups -OCH3 is 1. The van der Waals surface area contributed by atoms with Crippen LogP contribution in [0.15, 0.2) is 24.3 Å². The average molecular weight is 442 g/mol. The third kappa shape index (κ3) is 3.52. The minimum atomic E-state index is -1.30. The molecular weight excluding hydrogens is 420 g/mol. The van der Waals surface area contributed by atoms with E-state index in [4.69, 9.17) is 10.5 Å². The molecule has 2 heterocycles. The number of aryl methyl sites for hydroxylation is 1. The lowest BCUT2D eigenvalue weighted by Crippen LogP contribution is -2.42. The van der Waals surface area contributed by atoms with E-state index < -0.39 is 35.8 Å². The Kier molecular flexibility index (Phi) is 5.18. The van der Waals surface area contributed by atoms with Crippen molar-refractivity contribution < 1.29 is 23.9 Å². The molecule has 4 N–H and O–H groups in total. The topological polar surface area (TPSA) is 131 Å². The van der Waals surface area contributed by atoms with Crippen LogP contribution in [0.25, 0.3) is 0 Å². The molecule has 0 spiro atoms. The molecule has 10 heteroatoms. The summed E-state index contributed by atoms with van der Waals surface area (Å²) >= 11 is 1.32. The van der Waals surface area contributed by atoms with Crippen LogP contribution in [0, 0.1) is 0 Å². The van der Waals surface area contributed by atoms with Gasteiger partial charge in [-0.1, -0.05) is 12.1 Å². The minimum absolute atomic E-state index is 0.325. The molecule has 1 saturated heterocycles. The number of nitrogens with one attached hydrogen (secondary N) is 2. The summed E-state index contributed by atoms with van der Waals surface area (Å²) in [6.07, 6.45) is 2.53. The molecule has 1 aliphatic carbocycles. The molecule has 1 fully saturated rings. The highest BCUT2D eigenvalue weighted by Gasteiger charge is 2.49. The fourth-order valence-electron chi connectivity index (χ4n) is 4.02. The minimum Gasteiger partial charge on any atom is -0.497 e. The van der Waals surface area contributed by atoms with Gasteiger partial charge in [0.1, 0.15) is 22.8 Å². The van der Waals surface area contributed by atoms with Gasteiger partial charge in [0, 0.05) is 4.88 Å². The number of rotatable bonds is 6. The maximum atomic E-state index is 13.0. The van der Waals surface area contributed by atoms with E-state index in [1.54, 1.807) is 31.2 Å². The van der Waals surface area contributed by atoms with Crippen molar-refractivity contribution in [2.75, 3.05) is 19.0 Å². The molecule has 2 aliphatic rings. The van der Waals surface area contributed by atoms with Gasteiger partial charge < -0.3 is 21.1 Å². The third-order valence-electron chi connectivity index (χ3n) is 5.66. The van der Waals surface area contributed by atoms with Crippen LogP contribution in [-0.2, 0) is 28.0 Å². The number of nitrogens with zero attached hydrogens (tertiary/aromatic N) is 1. The lowest BCUT2D eigenvalue weighted by molar-refractivity contribution is -0.133. The number of imide groups is 1. The summed E-state index contributed by atoms with van der Waals surface area (Å²) in [6, 6.07) is 6.09. The van der Waals surface area contributed by atoms with Gasteiger partial charge in [0.25, 0.3) is 11.8 Å². The smallest absolute Gasteiger partial charge is 0.325 e. The Morgan fingerprint density at radius 3 is 2.61 bits per heavy atom. The molecule has 1 aromatic heterocycles. The van der Waals surface area contributed by atoms with Crippen molar-refractivity contribution in [3.8, 4) is 5.75 Å². The lowest BCUT2D eigenvalue weighted by atomic mass is 9.92. The van der Waals surface area contributed by atoms with Crippen molar-refractivity contribution in [3.63, 3.8) is 0 Å². The number of urea groups is 1. The van der Waals surface area contributed by atoms with Gasteiger partial charge in [-0.3, -0.25) is 19.3 Å². The Labute approximate surface area is 182 Å². The van der Waals surface area contributed by atoms with Crippen molar-refractivity contribution in [2.24, 2.45) is 5.73 Å². The van der Waals surface area contributed by atoms with Crippen LogP contribution in [-0.4, -0.2) is 42.3 Å². The molecule has 1 aliphatic heterocycles. The van der Waals surface area contributed by atoms with E-state index in [1.807, 2.05) is 0 Å². The number of carbonyl (C=O) groups excluding carboxylic acids is 4. The van der Waals surface area contributed by atoms with Crippen LogP contribution in [0.3, 0.4) is 0 Å². The van der Waals surface area contributed by atoms with E-state index in [0.29, 0.717) is 21.9 Å². The zero-order chi connectivity index (χ0) is 22.3. The van der Waals surface area contributed by atoms with Crippen LogP contribution in [0.4, 0.5) is 9.80 Å². The second-order valence-electron chi connectivity index (χ2n) is 7.65. The Balaban J connectivity index is 1.51. The highest BCUT2D eigenvalue weighted by molar-refractivity contribution is 7.17. The number of fused-ring (bicyclic) bond motifs is 1. The number of anilines is 1. The van der Waals surface area contributed by atoms with Crippen molar-refractivity contribution in [1.29, 1.82) is 0 Å². The van der Waals surface area contributed by atoms with E-state index in [0.717, 1.165) is 34.6 Å². The Morgan fingerprint density at radius 1 is 1.26 bits per heavy atom. The molecular formula is C21H22N4O5S. The zero-order valence-corrected chi connectivity index (χ0v) is 17.9. The molecule has 9 nitrogen and oxygen atoms in total. The molecule has 5 amide bonds. The van der Waals surface area contributed by atoms with Crippen molar-refractivity contribution in [2.45, 2.75) is 31.7 Å². The molecule has 0 saturated carbocycles. The fourth-order valence-corrected chi connectivity index (χ4v) is 5.33. The van der Waals surface area contributed by atoms with Gasteiger partial charge in [0.2, 0.25) is 5.91 Å². The predicted molar refractivity (Wildman–Crippen MR) is 114 cm³/mol. The largest absolute Gasteiger partial charge is 0.497 e. The number of hydrogen-bond donors (Lipinski definition) is 3. The monoisotopic (exact) mass is 442 g/mol. The standard InChI is InChI=1S/C21H22N4O5S/c1-21(11-6-8-12(30-2)9-7-11)19(28)25(20(29)24-21)10-15(26)23-18-16(17(22)27)13-4-3-5-14(13)31-18/h6-9H,3-5,10H2,1-2H3,(H2,22,27)(H,23,26)(H,24,29). The molecule has 1 aromatic carbocycles. The van der Waals surface area contributed by atoms with Gasteiger partial charge in [-0.25, -0.2) is 4.79 Å². The molecule has 0 radical (unpaired) electrons. The van der Waals surface area contributed by atoms with Crippen LogP contribution < -0.4 is 21.1 Å². The normalized spacial score (nSPS) is 19.9. The summed E-state index contributed by atoms with van der Waals surface area (Å²) in [5.41, 5.74) is 5.99. The number of ether oxygens (including phenoxy) is 1. The van der Waals surface area contributed by atoms with Crippen LogP contribution in [0.1, 0.15) is 39.7 Å². The quantitative estimate of drug-likeness (QED) is 0.587. The number of carbonyl (C=O) groups is 4. The molecule has 2 aromatic rings. The second kappa shape index (κ2) is 7.69. The van der Waals surface area contributed by atoms with Gasteiger partial charge in [0.05, 0.1) is 12.7 Å². The second-order valence-corrected chi connectivity index (χ2v) is 8.75. The molecule has 4 rings (SSSR count). The fraction of sp³-hybridized carbons (Fsp3) is 0.333. The summed E-state index contributed by atoms with van der Waals surface area (Å²) < 4.78 is 5.12. The van der Waals surface area contributed by atoms with Crippen LogP contribution >= 0.6 is 11.3 Å². The van der Waals surface area contributed by atoms with Gasteiger partial charge in [-0.15, -0.1) is 11.3 Å². The highest BCUT2D eigenvalue weighted by atomic mass is 32.1. The molecule has 0 bridgehead atoms. The van der Waals surface area contributed by atoms with E-state index >= 15 is 0 Å². The Hall–Kier alpha value is -3.40. The predicted octanol–water partition coefficient (Wildman–Crippen LogP) is 1.75. The van der Waals surface area contributed by atoms with Crippen molar-refractivity contribution in [3.05, 3.63) is 45.8 Å². The van der Waals surface area contributed by atoms with E-state index in [-0.39, 0.29) is 0 Å². The first kappa shape index (κ1) is 20.9. The van der Waals surface area contributed by atoms with E-state index in [2.05, 4.69) is 10.6 Å². The lowest BCUT2D eigenvalue weighted by Gasteiger charge is -2.22. The maximum absolute atomic E-state index is 13.0. The summed E-state index contributed by atoms with van der Waals surface area (Å²) in [5, 5.41) is 5.69. The Bertz CT molecular complexity index is 1090. The first-order chi connectivity index (χ1) is 14.7. The summed E-state index contributed by atoms with van der Waals surface area (Å²) in [7, 11) is 1.53. The number of thiophene rings is 1. The SMILES string of the molecule is COc1ccc(C2(C)NC(=O)N(CC(=O)Nc3sc4c(c3C(N)=O)CCC4)C2=O)cc1. The molecule has 31 heavy (non-hydrogen) atoms. The third-order valence-corrected chi connectivity index (χ3v) is 6.87. The summed E-state index contributed by atoms with van der Waals surface area (Å²) in [4.78, 5) is 52.0. The summed E-state index contributed by atoms with van der Waals surface area (Å²) in [5.74, 6) is -1.10. The number of nitrogens with two attached hydrogens (primary N) is 1. The summed E-state index contributed by atoms with van der Waals surface area (Å²) in [6.45, 7) is 1.11. The van der Waals surface area contributed by atoms with Crippen LogP contribution in [0.5, 0.6) is 5.75 Å². The number of primary amides is 1. The van der Waals surface area contributed by atoms with Gasteiger partial charge in [-0.05, 0) is 49.4 Å². The maximum Gasteiger partial charge on any atom is 0.325 e. The molecule has 1 unspecified atom stereocenters. The zero-order valence-electron chi connectivity index (χ0n) is 17.1. The first-order valence-corrected chi connectivity index (χ1v) is 10.6. The van der Waals surface area contributed by atoms with Gasteiger partial charge in [0.15, 0.2) is 0 Å². The van der Waals surface area contributed by atoms with Crippen LogP contribution in [0.2, 0.25) is 0 Å². The molecule has 1 atom stereocenters. The van der Waals surface area contributed by atoms with Crippen molar-refractivity contribution >= 4 is 40.1 Å². The van der Waals surface area contributed by atoms with E-state index in [1.165, 1.54) is 18.4 Å². The first-order valence-electron chi connectivity index (χ1n) is 9.77. The van der Waals surface area contributed by atoms with Crippen molar-refractivity contribution in [1.82, 2.24) is 10.2 Å². The van der Waals surface area contributed by atoms with Gasteiger partial charge in [-0.2, -0.15) is 0 Å².